The lowest BCUT2D eigenvalue weighted by Gasteiger charge is -2.12. The molecule has 0 aliphatic heterocycles. The average Bonchev–Trinajstić information content (AvgIpc) is 2.21. The molecule has 1 N–H and O–H groups in total. The van der Waals surface area contributed by atoms with Crippen molar-refractivity contribution < 1.29 is 27.4 Å². The quantitative estimate of drug-likeness (QED) is 0.806. The van der Waals surface area contributed by atoms with Gasteiger partial charge in [0.15, 0.2) is 5.75 Å². The van der Waals surface area contributed by atoms with E-state index in [0.717, 1.165) is 7.11 Å². The highest BCUT2D eigenvalue weighted by atomic mass is 19.4. The Hall–Kier alpha value is -1.99. The summed E-state index contributed by atoms with van der Waals surface area (Å²) in [5.41, 5.74) is -1.45. The fourth-order valence-electron chi connectivity index (χ4n) is 1.17. The number of ether oxygens (including phenoxy) is 2. The molecule has 0 fully saturated rings. The number of hydrogen-bond acceptors (Lipinski definition) is 4. The number of nitrogens with one attached hydrogen (secondary N) is 1. The van der Waals surface area contributed by atoms with Gasteiger partial charge >= 0.3 is 12.3 Å². The lowest BCUT2D eigenvalue weighted by molar-refractivity contribution is -0.274. The second-order valence-electron chi connectivity index (χ2n) is 3.02. The Bertz CT molecular complexity index is 492. The second kappa shape index (κ2) is 4.48. The number of alkyl halides is 3. The lowest BCUT2D eigenvalue weighted by Crippen LogP contribution is -2.23. The third-order valence-corrected chi connectivity index (χ3v) is 1.91. The number of rotatable bonds is 2. The van der Waals surface area contributed by atoms with Crippen LogP contribution in [0.25, 0.3) is 0 Å². The molecule has 1 rings (SSSR count). The van der Waals surface area contributed by atoms with Crippen molar-refractivity contribution in [1.82, 2.24) is 4.98 Å². The molecule has 0 saturated heterocycles. The van der Waals surface area contributed by atoms with Crippen LogP contribution >= 0.6 is 0 Å². The van der Waals surface area contributed by atoms with E-state index in [-0.39, 0.29) is 5.56 Å². The molecule has 1 aromatic heterocycles. The van der Waals surface area contributed by atoms with Crippen molar-refractivity contribution in [3.8, 4) is 5.75 Å². The van der Waals surface area contributed by atoms with E-state index >= 15 is 0 Å². The molecule has 0 aromatic carbocycles. The van der Waals surface area contributed by atoms with Gasteiger partial charge in [-0.15, -0.1) is 13.2 Å². The molecule has 5 nitrogen and oxygen atoms in total. The average molecular weight is 251 g/mol. The number of pyridine rings is 1. The molecule has 94 valence electrons. The molecular weight excluding hydrogens is 243 g/mol. The number of aromatic nitrogens is 1. The molecule has 0 aliphatic rings. The van der Waals surface area contributed by atoms with E-state index in [1.807, 2.05) is 4.98 Å². The summed E-state index contributed by atoms with van der Waals surface area (Å²) < 4.78 is 44.1. The number of esters is 1. The van der Waals surface area contributed by atoms with Crippen molar-refractivity contribution in [2.45, 2.75) is 13.3 Å². The second-order valence-corrected chi connectivity index (χ2v) is 3.02. The van der Waals surface area contributed by atoms with E-state index in [9.17, 15) is 22.8 Å². The summed E-state index contributed by atoms with van der Waals surface area (Å²) in [5, 5.41) is 0. The molecule has 0 unspecified atom stereocenters. The molecule has 0 saturated carbocycles. The zero-order valence-corrected chi connectivity index (χ0v) is 8.84. The summed E-state index contributed by atoms with van der Waals surface area (Å²) in [6, 6.07) is 0. The number of aromatic amines is 1. The van der Waals surface area contributed by atoms with Crippen molar-refractivity contribution in [3.05, 3.63) is 27.7 Å². The van der Waals surface area contributed by atoms with Crippen LogP contribution < -0.4 is 10.3 Å². The number of hydrogen-bond donors (Lipinski definition) is 1. The first-order valence-electron chi connectivity index (χ1n) is 4.32. The maximum atomic E-state index is 12.1. The zero-order valence-electron chi connectivity index (χ0n) is 8.84. The molecule has 17 heavy (non-hydrogen) atoms. The largest absolute Gasteiger partial charge is 0.573 e. The standard InChI is InChI=1S/C9H8F3NO4/c1-4-6(8(15)16-2)5(3-13-7(4)14)17-9(10,11)12/h3H,1-2H3,(H,13,14). The van der Waals surface area contributed by atoms with Crippen LogP contribution in [0.1, 0.15) is 15.9 Å². The van der Waals surface area contributed by atoms with Gasteiger partial charge in [-0.2, -0.15) is 0 Å². The molecule has 0 radical (unpaired) electrons. The molecule has 0 aliphatic carbocycles. The molecule has 1 aromatic rings. The highest BCUT2D eigenvalue weighted by Gasteiger charge is 2.34. The fourth-order valence-corrected chi connectivity index (χ4v) is 1.17. The van der Waals surface area contributed by atoms with Crippen LogP contribution in [0.15, 0.2) is 11.0 Å². The number of carbonyl (C=O) groups is 1. The maximum Gasteiger partial charge on any atom is 0.573 e. The van der Waals surface area contributed by atoms with Gasteiger partial charge in [-0.05, 0) is 6.92 Å². The van der Waals surface area contributed by atoms with Crippen LogP contribution in [-0.4, -0.2) is 24.4 Å². The third-order valence-electron chi connectivity index (χ3n) is 1.91. The highest BCUT2D eigenvalue weighted by Crippen LogP contribution is 2.26. The summed E-state index contributed by atoms with van der Waals surface area (Å²) in [7, 11) is 0.986. The summed E-state index contributed by atoms with van der Waals surface area (Å²) >= 11 is 0. The van der Waals surface area contributed by atoms with E-state index in [1.54, 1.807) is 0 Å². The normalized spacial score (nSPS) is 11.1. The molecule has 0 atom stereocenters. The van der Waals surface area contributed by atoms with Crippen molar-refractivity contribution in [2.75, 3.05) is 7.11 Å². The van der Waals surface area contributed by atoms with Gasteiger partial charge in [-0.1, -0.05) is 0 Å². The summed E-state index contributed by atoms with van der Waals surface area (Å²) in [6.45, 7) is 1.19. The Balaban J connectivity index is 3.36. The third kappa shape index (κ3) is 2.99. The van der Waals surface area contributed by atoms with Gasteiger partial charge in [0.1, 0.15) is 5.56 Å². The van der Waals surface area contributed by atoms with Gasteiger partial charge in [0.2, 0.25) is 0 Å². The Labute approximate surface area is 93.2 Å². The molecule has 0 spiro atoms. The predicted octanol–water partition coefficient (Wildman–Crippen LogP) is 1.37. The van der Waals surface area contributed by atoms with Crippen LogP contribution in [-0.2, 0) is 4.74 Å². The SMILES string of the molecule is COC(=O)c1c(OC(F)(F)F)c[nH]c(=O)c1C. The van der Waals surface area contributed by atoms with Gasteiger partial charge in [-0.25, -0.2) is 4.79 Å². The maximum absolute atomic E-state index is 12.1. The summed E-state index contributed by atoms with van der Waals surface area (Å²) in [5.74, 6) is -1.88. The van der Waals surface area contributed by atoms with Gasteiger partial charge in [0.05, 0.1) is 7.11 Å². The molecule has 0 amide bonds. The minimum atomic E-state index is -4.96. The summed E-state index contributed by atoms with van der Waals surface area (Å²) in [6.07, 6.45) is -4.30. The van der Waals surface area contributed by atoms with Crippen LogP contribution in [0.4, 0.5) is 13.2 Å². The molecular formula is C9H8F3NO4. The van der Waals surface area contributed by atoms with Gasteiger partial charge in [0, 0.05) is 11.8 Å². The van der Waals surface area contributed by atoms with Crippen LogP contribution in [0, 0.1) is 6.92 Å². The number of H-pyrrole nitrogens is 1. The monoisotopic (exact) mass is 251 g/mol. The van der Waals surface area contributed by atoms with Gasteiger partial charge < -0.3 is 14.5 Å². The molecule has 0 bridgehead atoms. The van der Waals surface area contributed by atoms with Crippen LogP contribution in [0.3, 0.4) is 0 Å². The Kier molecular flexibility index (Phi) is 3.45. The van der Waals surface area contributed by atoms with Gasteiger partial charge in [0.25, 0.3) is 5.56 Å². The molecule has 1 heterocycles. The first-order chi connectivity index (χ1) is 7.76. The van der Waals surface area contributed by atoms with Crippen LogP contribution in [0.2, 0.25) is 0 Å². The smallest absolute Gasteiger partial charge is 0.465 e. The van der Waals surface area contributed by atoms with E-state index in [4.69, 9.17) is 0 Å². The van der Waals surface area contributed by atoms with E-state index in [0.29, 0.717) is 6.20 Å². The minimum Gasteiger partial charge on any atom is -0.465 e. The Morgan fingerprint density at radius 3 is 2.47 bits per heavy atom. The van der Waals surface area contributed by atoms with Gasteiger partial charge in [-0.3, -0.25) is 4.79 Å². The van der Waals surface area contributed by atoms with Crippen molar-refractivity contribution in [3.63, 3.8) is 0 Å². The zero-order chi connectivity index (χ0) is 13.2. The Morgan fingerprint density at radius 2 is 2.00 bits per heavy atom. The summed E-state index contributed by atoms with van der Waals surface area (Å²) in [4.78, 5) is 24.5. The lowest BCUT2D eigenvalue weighted by atomic mass is 10.1. The fraction of sp³-hybridized carbons (Fsp3) is 0.333. The van der Waals surface area contributed by atoms with Crippen molar-refractivity contribution >= 4 is 5.97 Å². The van der Waals surface area contributed by atoms with E-state index in [2.05, 4.69) is 9.47 Å². The van der Waals surface area contributed by atoms with Crippen molar-refractivity contribution in [1.29, 1.82) is 0 Å². The number of halogens is 3. The minimum absolute atomic E-state index is 0.210. The predicted molar refractivity (Wildman–Crippen MR) is 49.8 cm³/mol. The highest BCUT2D eigenvalue weighted by molar-refractivity contribution is 5.93. The van der Waals surface area contributed by atoms with Crippen molar-refractivity contribution in [2.24, 2.45) is 0 Å². The van der Waals surface area contributed by atoms with E-state index < -0.39 is 29.2 Å². The number of carbonyl (C=O) groups excluding carboxylic acids is 1. The molecule has 8 heteroatoms. The first-order valence-corrected chi connectivity index (χ1v) is 4.32. The number of methoxy groups -OCH3 is 1. The topological polar surface area (TPSA) is 68.4 Å². The van der Waals surface area contributed by atoms with Crippen LogP contribution in [0.5, 0.6) is 5.75 Å². The first kappa shape index (κ1) is 13.1. The Morgan fingerprint density at radius 1 is 1.41 bits per heavy atom. The van der Waals surface area contributed by atoms with E-state index in [1.165, 1.54) is 6.92 Å².